The standard InChI is InChI=1S/C24H38N4O6/c1-21(2,3)15(26-20(33)34-22(4,5)6)19(32)28-11-12-13(23(12,7)8)14(28)18(31)27-24(9-10-24)16(29)17(25)30/h12-15H,9-11H2,1-8H3,(H2,25,30)(H,26,33)(H,27,31)/t12?,13?,14-,15+/m0/s1. The summed E-state index contributed by atoms with van der Waals surface area (Å²) in [5.74, 6) is -2.72. The molecule has 3 aliphatic rings. The van der Waals surface area contributed by atoms with Crippen LogP contribution in [0.4, 0.5) is 4.79 Å². The van der Waals surface area contributed by atoms with Crippen molar-refractivity contribution in [3.05, 3.63) is 0 Å². The number of ketones is 1. The SMILES string of the molecule is CC(C)(C)OC(=O)N[C@H](C(=O)N1CC2C([C@H]1C(=O)NC1(C(=O)C(N)=O)CC1)C2(C)C)C(C)(C)C. The molecule has 2 unspecified atom stereocenters. The van der Waals surface area contributed by atoms with Gasteiger partial charge in [-0.3, -0.25) is 19.2 Å². The van der Waals surface area contributed by atoms with Crippen LogP contribution in [0, 0.1) is 22.7 Å². The number of carbonyl (C=O) groups excluding carboxylic acids is 5. The van der Waals surface area contributed by atoms with E-state index < -0.39 is 52.3 Å². The predicted molar refractivity (Wildman–Crippen MR) is 123 cm³/mol. The van der Waals surface area contributed by atoms with Crippen molar-refractivity contribution in [2.24, 2.45) is 28.4 Å². The monoisotopic (exact) mass is 478 g/mol. The molecule has 3 rings (SSSR count). The van der Waals surface area contributed by atoms with Crippen molar-refractivity contribution in [1.82, 2.24) is 15.5 Å². The van der Waals surface area contributed by atoms with E-state index in [0.29, 0.717) is 19.4 Å². The number of nitrogens with two attached hydrogens (primary N) is 1. The molecule has 1 aliphatic heterocycles. The number of likely N-dealkylation sites (tertiary alicyclic amines) is 1. The quantitative estimate of drug-likeness (QED) is 0.487. The number of Topliss-reactive ketones (excluding diaryl/α,β-unsaturated/α-hetero) is 1. The Morgan fingerprint density at radius 2 is 1.59 bits per heavy atom. The average molecular weight is 479 g/mol. The van der Waals surface area contributed by atoms with Gasteiger partial charge in [-0.05, 0) is 56.3 Å². The molecule has 3 fully saturated rings. The van der Waals surface area contributed by atoms with E-state index in [0.717, 1.165) is 0 Å². The number of carbonyl (C=O) groups is 5. The molecule has 4 amide bonds. The Bertz CT molecular complexity index is 925. The molecule has 0 bridgehead atoms. The number of piperidine rings is 1. The van der Waals surface area contributed by atoms with E-state index in [1.165, 1.54) is 4.90 Å². The zero-order chi connectivity index (χ0) is 26.0. The van der Waals surface area contributed by atoms with Crippen molar-refractivity contribution < 1.29 is 28.7 Å². The molecular formula is C24H38N4O6. The van der Waals surface area contributed by atoms with Gasteiger partial charge < -0.3 is 26.0 Å². The first-order valence-electron chi connectivity index (χ1n) is 11.8. The third kappa shape index (κ3) is 4.77. The van der Waals surface area contributed by atoms with E-state index >= 15 is 0 Å². The normalized spacial score (nSPS) is 27.2. The minimum atomic E-state index is -1.27. The molecule has 190 valence electrons. The molecular weight excluding hydrogens is 440 g/mol. The molecule has 2 saturated carbocycles. The van der Waals surface area contributed by atoms with Crippen LogP contribution in [0.15, 0.2) is 0 Å². The number of hydrogen-bond acceptors (Lipinski definition) is 6. The Labute approximate surface area is 200 Å². The summed E-state index contributed by atoms with van der Waals surface area (Å²) >= 11 is 0. The average Bonchev–Trinajstić information content (AvgIpc) is 3.46. The molecule has 10 nitrogen and oxygen atoms in total. The first kappa shape index (κ1) is 26.0. The van der Waals surface area contributed by atoms with Gasteiger partial charge in [0.15, 0.2) is 0 Å². The largest absolute Gasteiger partial charge is 0.444 e. The van der Waals surface area contributed by atoms with E-state index in [9.17, 15) is 24.0 Å². The van der Waals surface area contributed by atoms with Gasteiger partial charge in [0.05, 0.1) is 0 Å². The number of fused-ring (bicyclic) bond motifs is 1. The van der Waals surface area contributed by atoms with Crippen molar-refractivity contribution in [1.29, 1.82) is 0 Å². The number of primary amides is 1. The maximum Gasteiger partial charge on any atom is 0.408 e. The van der Waals surface area contributed by atoms with E-state index in [2.05, 4.69) is 10.6 Å². The van der Waals surface area contributed by atoms with Crippen LogP contribution in [0.1, 0.15) is 68.2 Å². The molecule has 10 heteroatoms. The lowest BCUT2D eigenvalue weighted by molar-refractivity contribution is -0.145. The van der Waals surface area contributed by atoms with Gasteiger partial charge in [-0.25, -0.2) is 4.79 Å². The molecule has 4 N–H and O–H groups in total. The van der Waals surface area contributed by atoms with E-state index in [-0.39, 0.29) is 23.2 Å². The molecule has 34 heavy (non-hydrogen) atoms. The third-order valence-electron chi connectivity index (χ3n) is 7.31. The molecule has 1 saturated heterocycles. The molecule has 2 aliphatic carbocycles. The maximum absolute atomic E-state index is 13.7. The Kier molecular flexibility index (Phi) is 6.07. The van der Waals surface area contributed by atoms with Crippen LogP contribution in [0.5, 0.6) is 0 Å². The third-order valence-corrected chi connectivity index (χ3v) is 7.31. The van der Waals surface area contributed by atoms with Gasteiger partial charge in [-0.2, -0.15) is 0 Å². The van der Waals surface area contributed by atoms with Gasteiger partial charge >= 0.3 is 6.09 Å². The summed E-state index contributed by atoms with van der Waals surface area (Å²) in [5.41, 5.74) is 2.37. The number of nitrogens with zero attached hydrogens (tertiary/aromatic N) is 1. The van der Waals surface area contributed by atoms with Crippen molar-refractivity contribution in [2.45, 2.75) is 91.5 Å². The molecule has 4 atom stereocenters. The number of amides is 4. The second-order valence-corrected chi connectivity index (χ2v) is 12.6. The highest BCUT2D eigenvalue weighted by molar-refractivity contribution is 6.40. The smallest absolute Gasteiger partial charge is 0.408 e. The summed E-state index contributed by atoms with van der Waals surface area (Å²) < 4.78 is 5.36. The summed E-state index contributed by atoms with van der Waals surface area (Å²) in [7, 11) is 0. The van der Waals surface area contributed by atoms with Crippen LogP contribution in [0.2, 0.25) is 0 Å². The van der Waals surface area contributed by atoms with Gasteiger partial charge in [0, 0.05) is 6.54 Å². The second-order valence-electron chi connectivity index (χ2n) is 12.6. The van der Waals surface area contributed by atoms with Crippen LogP contribution in [0.25, 0.3) is 0 Å². The van der Waals surface area contributed by atoms with Crippen LogP contribution in [-0.4, -0.2) is 64.3 Å². The second kappa shape index (κ2) is 7.95. The Balaban J connectivity index is 1.84. The molecule has 1 heterocycles. The number of rotatable bonds is 6. The lowest BCUT2D eigenvalue weighted by Gasteiger charge is -2.38. The summed E-state index contributed by atoms with van der Waals surface area (Å²) in [5, 5.41) is 5.42. The van der Waals surface area contributed by atoms with Gasteiger partial charge in [-0.1, -0.05) is 34.6 Å². The highest BCUT2D eigenvalue weighted by atomic mass is 16.6. The van der Waals surface area contributed by atoms with Crippen molar-refractivity contribution >= 4 is 29.6 Å². The number of hydrogen-bond donors (Lipinski definition) is 3. The first-order chi connectivity index (χ1) is 15.3. The topological polar surface area (TPSA) is 148 Å². The van der Waals surface area contributed by atoms with Gasteiger partial charge in [-0.15, -0.1) is 0 Å². The first-order valence-corrected chi connectivity index (χ1v) is 11.8. The van der Waals surface area contributed by atoms with Crippen LogP contribution >= 0.6 is 0 Å². The molecule has 0 spiro atoms. The highest BCUT2D eigenvalue weighted by Gasteiger charge is 2.70. The highest BCUT2D eigenvalue weighted by Crippen LogP contribution is 2.65. The Morgan fingerprint density at radius 1 is 1.03 bits per heavy atom. The fourth-order valence-electron chi connectivity index (χ4n) is 5.13. The minimum Gasteiger partial charge on any atom is -0.444 e. The Hall–Kier alpha value is -2.65. The summed E-state index contributed by atoms with van der Waals surface area (Å²) in [6.07, 6.45) is -0.0390. The van der Waals surface area contributed by atoms with Crippen molar-refractivity contribution in [2.75, 3.05) is 6.54 Å². The molecule has 0 radical (unpaired) electrons. The van der Waals surface area contributed by atoms with Crippen LogP contribution < -0.4 is 16.4 Å². The van der Waals surface area contributed by atoms with Crippen molar-refractivity contribution in [3.63, 3.8) is 0 Å². The Morgan fingerprint density at radius 3 is 2.03 bits per heavy atom. The zero-order valence-electron chi connectivity index (χ0n) is 21.4. The number of nitrogens with one attached hydrogen (secondary N) is 2. The minimum absolute atomic E-state index is 0.0851. The fourth-order valence-corrected chi connectivity index (χ4v) is 5.13. The predicted octanol–water partition coefficient (Wildman–Crippen LogP) is 1.11. The lowest BCUT2D eigenvalue weighted by atomic mass is 9.85. The van der Waals surface area contributed by atoms with E-state index in [1.54, 1.807) is 20.8 Å². The van der Waals surface area contributed by atoms with Gasteiger partial charge in [0.1, 0.15) is 23.2 Å². The number of ether oxygens (including phenoxy) is 1. The van der Waals surface area contributed by atoms with Crippen LogP contribution in [-0.2, 0) is 23.9 Å². The molecule has 0 aromatic rings. The summed E-state index contributed by atoms with van der Waals surface area (Å²) in [6.45, 7) is 15.1. The van der Waals surface area contributed by atoms with Crippen LogP contribution in [0.3, 0.4) is 0 Å². The molecule has 0 aromatic heterocycles. The van der Waals surface area contributed by atoms with Gasteiger partial charge in [0.25, 0.3) is 5.91 Å². The summed E-state index contributed by atoms with van der Waals surface area (Å²) in [6, 6.07) is -1.74. The van der Waals surface area contributed by atoms with E-state index in [4.69, 9.17) is 10.5 Å². The molecule has 0 aromatic carbocycles. The maximum atomic E-state index is 13.7. The fraction of sp³-hybridized carbons (Fsp3) is 0.792. The van der Waals surface area contributed by atoms with Crippen molar-refractivity contribution in [3.8, 4) is 0 Å². The zero-order valence-corrected chi connectivity index (χ0v) is 21.4. The van der Waals surface area contributed by atoms with E-state index in [1.807, 2.05) is 34.6 Å². The lowest BCUT2D eigenvalue weighted by Crippen LogP contribution is -2.61. The summed E-state index contributed by atoms with van der Waals surface area (Å²) in [4.78, 5) is 64.9. The number of alkyl carbamates (subject to hydrolysis) is 1. The van der Waals surface area contributed by atoms with Gasteiger partial charge in [0.2, 0.25) is 17.6 Å².